The van der Waals surface area contributed by atoms with Crippen molar-refractivity contribution in [2.75, 3.05) is 0 Å². The van der Waals surface area contributed by atoms with Crippen LogP contribution in [0.3, 0.4) is 0 Å². The minimum Gasteiger partial charge on any atom is -0.309 e. The Bertz CT molecular complexity index is 3900. The number of rotatable bonds is 5. The van der Waals surface area contributed by atoms with Crippen LogP contribution in [-0.4, -0.2) is 4.57 Å². The van der Waals surface area contributed by atoms with Gasteiger partial charge >= 0.3 is 0 Å². The van der Waals surface area contributed by atoms with Crippen molar-refractivity contribution in [3.63, 3.8) is 0 Å². The van der Waals surface area contributed by atoms with Gasteiger partial charge in [0.1, 0.15) is 0 Å². The molecule has 0 N–H and O–H groups in total. The zero-order valence-corrected chi connectivity index (χ0v) is 34.5. The Labute approximate surface area is 365 Å². The Balaban J connectivity index is 1.02. The Morgan fingerprint density at radius 1 is 0.222 bits per heavy atom. The quantitative estimate of drug-likeness (QED) is 0.121. The van der Waals surface area contributed by atoms with Crippen LogP contribution in [0.2, 0.25) is 0 Å². The van der Waals surface area contributed by atoms with Gasteiger partial charge in [0.25, 0.3) is 0 Å². The monoisotopic (exact) mass is 797 g/mol. The molecule has 0 aliphatic carbocycles. The van der Waals surface area contributed by atoms with Crippen LogP contribution in [0.15, 0.2) is 237 Å². The van der Waals surface area contributed by atoms with Crippen LogP contribution in [0.25, 0.3) is 126 Å². The predicted octanol–water partition coefficient (Wildman–Crippen LogP) is 17.2. The van der Waals surface area contributed by atoms with Gasteiger partial charge in [-0.1, -0.05) is 200 Å². The lowest BCUT2D eigenvalue weighted by Crippen LogP contribution is -1.94. The standard InChI is InChI=1S/C62H39N/c1-2-19-48(20-3-1)63-59-38-44(43-31-30-42-29-28-41-15-5-7-22-50(41)58(42)37-43)32-34-52(59)53-35-33-47(39-60(53)63)62-56-25-10-8-23-54(56)61(55-24-9-11-26-57(55)62)46-18-12-17-45(36-46)51-27-13-16-40-14-4-6-21-49(40)51/h1-39H. The largest absolute Gasteiger partial charge is 0.309 e. The maximum absolute atomic E-state index is 2.46. The molecule has 1 aromatic heterocycles. The third-order valence-electron chi connectivity index (χ3n) is 13.3. The molecule has 13 rings (SSSR count). The summed E-state index contributed by atoms with van der Waals surface area (Å²) in [5.74, 6) is 0. The molecule has 0 aliphatic rings. The van der Waals surface area contributed by atoms with Gasteiger partial charge in [-0.15, -0.1) is 0 Å². The molecule has 0 aliphatic heterocycles. The van der Waals surface area contributed by atoms with Crippen molar-refractivity contribution in [2.24, 2.45) is 0 Å². The highest BCUT2D eigenvalue weighted by Gasteiger charge is 2.20. The molecule has 0 bridgehead atoms. The fourth-order valence-corrected chi connectivity index (χ4v) is 10.5. The van der Waals surface area contributed by atoms with Gasteiger partial charge in [-0.05, 0) is 135 Å². The zero-order valence-electron chi connectivity index (χ0n) is 34.5. The first-order chi connectivity index (χ1) is 31.2. The van der Waals surface area contributed by atoms with E-state index >= 15 is 0 Å². The molecule has 0 radical (unpaired) electrons. The topological polar surface area (TPSA) is 4.93 Å². The van der Waals surface area contributed by atoms with E-state index in [2.05, 4.69) is 241 Å². The van der Waals surface area contributed by atoms with E-state index in [0.29, 0.717) is 0 Å². The molecule has 0 amide bonds. The van der Waals surface area contributed by atoms with Gasteiger partial charge in [0.05, 0.1) is 11.0 Å². The van der Waals surface area contributed by atoms with E-state index in [-0.39, 0.29) is 0 Å². The van der Waals surface area contributed by atoms with Crippen LogP contribution < -0.4 is 0 Å². The summed E-state index contributed by atoms with van der Waals surface area (Å²) in [6, 6.07) is 87.4. The SMILES string of the molecule is c1ccc(-n2c3cc(-c4ccc5ccc6ccccc6c5c4)ccc3c3ccc(-c4c5ccccc5c(-c5cccc(-c6cccc7ccccc67)c5)c5ccccc45)cc32)cc1. The Hall–Kier alpha value is -8.26. The van der Waals surface area contributed by atoms with E-state index in [0.717, 1.165) is 5.69 Å². The average Bonchev–Trinajstić information content (AvgIpc) is 3.68. The summed E-state index contributed by atoms with van der Waals surface area (Å²) in [4.78, 5) is 0. The molecule has 0 saturated heterocycles. The van der Waals surface area contributed by atoms with Crippen LogP contribution in [0, 0.1) is 0 Å². The number of aromatic nitrogens is 1. The molecule has 13 aromatic rings. The maximum atomic E-state index is 2.46. The molecule has 1 heteroatoms. The van der Waals surface area contributed by atoms with Gasteiger partial charge < -0.3 is 4.57 Å². The number of para-hydroxylation sites is 1. The minimum absolute atomic E-state index is 1.15. The number of hydrogen-bond acceptors (Lipinski definition) is 0. The molecule has 12 aromatic carbocycles. The smallest absolute Gasteiger partial charge is 0.0547 e. The number of fused-ring (bicyclic) bond motifs is 9. The van der Waals surface area contributed by atoms with E-state index in [1.807, 2.05) is 0 Å². The summed E-state index contributed by atoms with van der Waals surface area (Å²) >= 11 is 0. The molecule has 63 heavy (non-hydrogen) atoms. The van der Waals surface area contributed by atoms with Gasteiger partial charge in [0.2, 0.25) is 0 Å². The average molecular weight is 798 g/mol. The number of nitrogens with zero attached hydrogens (tertiary/aromatic N) is 1. The van der Waals surface area contributed by atoms with Gasteiger partial charge in [-0.25, -0.2) is 0 Å². The third kappa shape index (κ3) is 5.64. The van der Waals surface area contributed by atoms with Crippen molar-refractivity contribution >= 4 is 75.7 Å². The minimum atomic E-state index is 1.15. The molecule has 1 nitrogen and oxygen atoms in total. The Morgan fingerprint density at radius 2 is 0.667 bits per heavy atom. The summed E-state index contributed by atoms with van der Waals surface area (Å²) in [6.07, 6.45) is 0. The maximum Gasteiger partial charge on any atom is 0.0547 e. The van der Waals surface area contributed by atoms with Crippen molar-refractivity contribution in [3.05, 3.63) is 237 Å². The molecule has 0 saturated carbocycles. The van der Waals surface area contributed by atoms with Crippen molar-refractivity contribution in [1.29, 1.82) is 0 Å². The molecule has 1 heterocycles. The van der Waals surface area contributed by atoms with E-state index < -0.39 is 0 Å². The Kier molecular flexibility index (Phi) is 7.98. The lowest BCUT2D eigenvalue weighted by Gasteiger charge is -2.18. The number of hydrogen-bond donors (Lipinski definition) is 0. The van der Waals surface area contributed by atoms with Crippen molar-refractivity contribution in [1.82, 2.24) is 4.57 Å². The summed E-state index contributed by atoms with van der Waals surface area (Å²) in [5, 5.41) is 15.1. The third-order valence-corrected chi connectivity index (χ3v) is 13.3. The Morgan fingerprint density at radius 3 is 1.35 bits per heavy atom. The molecule has 0 atom stereocenters. The molecule has 0 unspecified atom stereocenters. The first kappa shape index (κ1) is 35.5. The molecule has 292 valence electrons. The first-order valence-corrected chi connectivity index (χ1v) is 21.8. The second-order valence-corrected chi connectivity index (χ2v) is 16.8. The lowest BCUT2D eigenvalue weighted by atomic mass is 9.85. The van der Waals surface area contributed by atoms with Crippen molar-refractivity contribution in [3.8, 4) is 50.2 Å². The van der Waals surface area contributed by atoms with Gasteiger partial charge in [0.15, 0.2) is 0 Å². The van der Waals surface area contributed by atoms with E-state index in [9.17, 15) is 0 Å². The van der Waals surface area contributed by atoms with Gasteiger partial charge in [-0.3, -0.25) is 0 Å². The molecule has 0 fully saturated rings. The molecular formula is C62H39N. The van der Waals surface area contributed by atoms with Gasteiger partial charge in [-0.2, -0.15) is 0 Å². The van der Waals surface area contributed by atoms with Crippen LogP contribution in [0.4, 0.5) is 0 Å². The lowest BCUT2D eigenvalue weighted by molar-refractivity contribution is 1.18. The second kappa shape index (κ2) is 14.2. The highest BCUT2D eigenvalue weighted by Crippen LogP contribution is 2.46. The van der Waals surface area contributed by atoms with Crippen LogP contribution in [-0.2, 0) is 0 Å². The summed E-state index contributed by atoms with van der Waals surface area (Å²) in [7, 11) is 0. The van der Waals surface area contributed by atoms with Crippen LogP contribution in [0.5, 0.6) is 0 Å². The zero-order chi connectivity index (χ0) is 41.4. The first-order valence-electron chi connectivity index (χ1n) is 21.8. The molecule has 0 spiro atoms. The highest BCUT2D eigenvalue weighted by molar-refractivity contribution is 6.22. The molecular weight excluding hydrogens is 759 g/mol. The summed E-state index contributed by atoms with van der Waals surface area (Å²) < 4.78 is 2.46. The van der Waals surface area contributed by atoms with Crippen molar-refractivity contribution in [2.45, 2.75) is 0 Å². The van der Waals surface area contributed by atoms with Crippen LogP contribution in [0.1, 0.15) is 0 Å². The van der Waals surface area contributed by atoms with E-state index in [1.54, 1.807) is 0 Å². The summed E-state index contributed by atoms with van der Waals surface area (Å²) in [5.41, 5.74) is 13.4. The number of benzene rings is 12. The van der Waals surface area contributed by atoms with Crippen molar-refractivity contribution < 1.29 is 0 Å². The fraction of sp³-hybridized carbons (Fsp3) is 0. The highest BCUT2D eigenvalue weighted by atomic mass is 15.0. The predicted molar refractivity (Wildman–Crippen MR) is 270 cm³/mol. The van der Waals surface area contributed by atoms with Crippen LogP contribution >= 0.6 is 0 Å². The van der Waals surface area contributed by atoms with E-state index in [1.165, 1.54) is 120 Å². The second-order valence-electron chi connectivity index (χ2n) is 16.8. The van der Waals surface area contributed by atoms with E-state index in [4.69, 9.17) is 0 Å². The fourth-order valence-electron chi connectivity index (χ4n) is 10.5. The van der Waals surface area contributed by atoms with Gasteiger partial charge in [0, 0.05) is 16.5 Å². The normalized spacial score (nSPS) is 11.8. The summed E-state index contributed by atoms with van der Waals surface area (Å²) in [6.45, 7) is 0.